The van der Waals surface area contributed by atoms with Crippen molar-refractivity contribution in [1.29, 1.82) is 0 Å². The Balaban J connectivity index is 0.00000625. The zero-order valence-electron chi connectivity index (χ0n) is 16.9. The Morgan fingerprint density at radius 2 is 1.81 bits per heavy atom. The lowest BCUT2D eigenvalue weighted by atomic mass is 10.1. The lowest BCUT2D eigenvalue weighted by Crippen LogP contribution is -2.54. The summed E-state index contributed by atoms with van der Waals surface area (Å²) in [6.45, 7) is 12.2. The highest BCUT2D eigenvalue weighted by molar-refractivity contribution is 14.0. The summed E-state index contributed by atoms with van der Waals surface area (Å²) < 4.78 is 7.20. The van der Waals surface area contributed by atoms with E-state index in [4.69, 9.17) is 4.74 Å². The van der Waals surface area contributed by atoms with Crippen molar-refractivity contribution in [3.05, 3.63) is 11.6 Å². The molecule has 0 aromatic carbocycles. The average Bonchev–Trinajstić information content (AvgIpc) is 2.76. The number of hydrogen-bond acceptors (Lipinski definition) is 5. The number of nitrogens with one attached hydrogen (secondary N) is 3. The fourth-order valence-corrected chi connectivity index (χ4v) is 1.92. The third-order valence-corrected chi connectivity index (χ3v) is 3.36. The summed E-state index contributed by atoms with van der Waals surface area (Å²) in [7, 11) is 3.60. The van der Waals surface area contributed by atoms with Crippen molar-refractivity contribution in [3.8, 4) is 0 Å². The Bertz CT molecular complexity index is 621. The smallest absolute Gasteiger partial charge is 0.408 e. The molecule has 26 heavy (non-hydrogen) atoms. The van der Waals surface area contributed by atoms with E-state index in [0.29, 0.717) is 19.0 Å². The van der Waals surface area contributed by atoms with E-state index in [9.17, 15) is 4.79 Å². The summed E-state index contributed by atoms with van der Waals surface area (Å²) in [5.41, 5.74) is -1.04. The van der Waals surface area contributed by atoms with E-state index in [1.54, 1.807) is 7.05 Å². The maximum absolute atomic E-state index is 11.9. The van der Waals surface area contributed by atoms with Crippen LogP contribution >= 0.6 is 24.0 Å². The molecule has 1 aromatic rings. The van der Waals surface area contributed by atoms with Crippen LogP contribution in [0.4, 0.5) is 4.79 Å². The molecule has 0 radical (unpaired) electrons. The van der Waals surface area contributed by atoms with Crippen LogP contribution in [0.15, 0.2) is 4.99 Å². The first kappa shape index (κ1) is 24.4. The molecule has 0 saturated carbocycles. The van der Waals surface area contributed by atoms with Crippen molar-refractivity contribution in [2.75, 3.05) is 13.6 Å². The second-order valence-corrected chi connectivity index (χ2v) is 7.51. The Labute approximate surface area is 172 Å². The van der Waals surface area contributed by atoms with Crippen LogP contribution in [0.1, 0.15) is 46.3 Å². The molecule has 9 nitrogen and oxygen atoms in total. The minimum Gasteiger partial charge on any atom is -0.444 e. The van der Waals surface area contributed by atoms with Crippen LogP contribution < -0.4 is 16.0 Å². The van der Waals surface area contributed by atoms with Crippen LogP contribution in [-0.4, -0.2) is 51.5 Å². The molecule has 0 spiro atoms. The average molecular weight is 481 g/mol. The zero-order valence-corrected chi connectivity index (χ0v) is 19.3. The van der Waals surface area contributed by atoms with E-state index in [0.717, 1.165) is 11.6 Å². The number of aliphatic imine (C=N–C) groups is 1. The molecule has 1 heterocycles. The topological polar surface area (TPSA) is 105 Å². The van der Waals surface area contributed by atoms with Gasteiger partial charge in [0.15, 0.2) is 11.8 Å². The number of hydrogen-bond donors (Lipinski definition) is 3. The molecule has 0 saturated heterocycles. The number of halogens is 1. The molecule has 1 amide bonds. The standard InChI is InChI=1S/C16H31N7O2.HI/c1-11-21-22-12(23(11)8)9-18-13(17-7)19-10-16(5,6)20-14(24)25-15(2,3)4;/h9-10H2,1-8H3,(H,20,24)(H2,17,18,19);1H. The number of alkyl carbamates (subject to hydrolysis) is 1. The first-order chi connectivity index (χ1) is 11.4. The van der Waals surface area contributed by atoms with E-state index in [2.05, 4.69) is 31.1 Å². The second-order valence-electron chi connectivity index (χ2n) is 7.51. The van der Waals surface area contributed by atoms with E-state index >= 15 is 0 Å². The van der Waals surface area contributed by atoms with Gasteiger partial charge < -0.3 is 25.3 Å². The van der Waals surface area contributed by atoms with Gasteiger partial charge in [0, 0.05) is 20.6 Å². The molecule has 10 heteroatoms. The SMILES string of the molecule is CN=C(NCc1nnc(C)n1C)NCC(C)(C)NC(=O)OC(C)(C)C.I. The lowest BCUT2D eigenvalue weighted by molar-refractivity contribution is 0.0474. The number of carbonyl (C=O) groups is 1. The molecule has 1 rings (SSSR count). The van der Waals surface area contributed by atoms with Crippen molar-refractivity contribution in [2.24, 2.45) is 12.0 Å². The van der Waals surface area contributed by atoms with Crippen molar-refractivity contribution < 1.29 is 9.53 Å². The molecule has 1 aromatic heterocycles. The third kappa shape index (κ3) is 8.68. The lowest BCUT2D eigenvalue weighted by Gasteiger charge is -2.29. The Kier molecular flexibility index (Phi) is 9.32. The van der Waals surface area contributed by atoms with Gasteiger partial charge in [-0.05, 0) is 41.5 Å². The minimum atomic E-state index is -0.528. The van der Waals surface area contributed by atoms with Gasteiger partial charge in [-0.15, -0.1) is 34.2 Å². The number of amides is 1. The van der Waals surface area contributed by atoms with Crippen LogP contribution in [0, 0.1) is 6.92 Å². The highest BCUT2D eigenvalue weighted by Crippen LogP contribution is 2.09. The predicted octanol–water partition coefficient (Wildman–Crippen LogP) is 1.71. The van der Waals surface area contributed by atoms with Gasteiger partial charge in [0.25, 0.3) is 0 Å². The fourth-order valence-electron chi connectivity index (χ4n) is 1.92. The summed E-state index contributed by atoms with van der Waals surface area (Å²) >= 11 is 0. The third-order valence-electron chi connectivity index (χ3n) is 3.36. The van der Waals surface area contributed by atoms with Gasteiger partial charge in [0.1, 0.15) is 11.4 Å². The van der Waals surface area contributed by atoms with Crippen molar-refractivity contribution in [2.45, 2.75) is 59.2 Å². The van der Waals surface area contributed by atoms with Crippen LogP contribution in [0.25, 0.3) is 0 Å². The summed E-state index contributed by atoms with van der Waals surface area (Å²) in [5, 5.41) is 17.3. The molecule has 0 aliphatic rings. The van der Waals surface area contributed by atoms with Gasteiger partial charge in [0.05, 0.1) is 12.1 Å². The Morgan fingerprint density at radius 1 is 1.19 bits per heavy atom. The monoisotopic (exact) mass is 481 g/mol. The van der Waals surface area contributed by atoms with Gasteiger partial charge in [-0.1, -0.05) is 0 Å². The van der Waals surface area contributed by atoms with Crippen LogP contribution in [0.5, 0.6) is 0 Å². The van der Waals surface area contributed by atoms with Crippen molar-refractivity contribution in [1.82, 2.24) is 30.7 Å². The van der Waals surface area contributed by atoms with Crippen LogP contribution in [0.2, 0.25) is 0 Å². The predicted molar refractivity (Wildman–Crippen MR) is 113 cm³/mol. The summed E-state index contributed by atoms with van der Waals surface area (Å²) in [5.74, 6) is 2.27. The number of nitrogens with zero attached hydrogens (tertiary/aromatic N) is 4. The van der Waals surface area contributed by atoms with E-state index < -0.39 is 17.2 Å². The number of aryl methyl sites for hydroxylation is 1. The normalized spacial score (nSPS) is 12.2. The minimum absolute atomic E-state index is 0. The molecule has 3 N–H and O–H groups in total. The fraction of sp³-hybridized carbons (Fsp3) is 0.750. The first-order valence-electron chi connectivity index (χ1n) is 8.24. The molecular weight excluding hydrogens is 449 g/mol. The van der Waals surface area contributed by atoms with Gasteiger partial charge in [-0.25, -0.2) is 4.79 Å². The number of aromatic nitrogens is 3. The van der Waals surface area contributed by atoms with Crippen molar-refractivity contribution >= 4 is 36.0 Å². The summed E-state index contributed by atoms with van der Waals surface area (Å²) in [6, 6.07) is 0. The van der Waals surface area contributed by atoms with Gasteiger partial charge in [0.2, 0.25) is 0 Å². The number of carbonyl (C=O) groups excluding carboxylic acids is 1. The summed E-state index contributed by atoms with van der Waals surface area (Å²) in [4.78, 5) is 16.1. The molecule has 150 valence electrons. The molecule has 0 fully saturated rings. The number of ether oxygens (including phenoxy) is 1. The summed E-state index contributed by atoms with van der Waals surface area (Å²) in [6.07, 6.45) is -0.447. The van der Waals surface area contributed by atoms with E-state index in [1.807, 2.05) is 53.2 Å². The number of guanidine groups is 1. The largest absolute Gasteiger partial charge is 0.444 e. The van der Waals surface area contributed by atoms with Crippen LogP contribution in [-0.2, 0) is 18.3 Å². The van der Waals surface area contributed by atoms with E-state index in [-0.39, 0.29) is 24.0 Å². The molecule has 0 unspecified atom stereocenters. The van der Waals surface area contributed by atoms with Crippen molar-refractivity contribution in [3.63, 3.8) is 0 Å². The van der Waals surface area contributed by atoms with E-state index in [1.165, 1.54) is 0 Å². The molecule has 0 atom stereocenters. The van der Waals surface area contributed by atoms with Gasteiger partial charge >= 0.3 is 6.09 Å². The van der Waals surface area contributed by atoms with Crippen LogP contribution in [0.3, 0.4) is 0 Å². The quantitative estimate of drug-likeness (QED) is 0.336. The highest BCUT2D eigenvalue weighted by Gasteiger charge is 2.24. The first-order valence-corrected chi connectivity index (χ1v) is 8.24. The molecule has 0 aliphatic heterocycles. The second kappa shape index (κ2) is 9.93. The molecule has 0 bridgehead atoms. The zero-order chi connectivity index (χ0) is 19.3. The maximum atomic E-state index is 11.9. The maximum Gasteiger partial charge on any atom is 0.408 e. The van der Waals surface area contributed by atoms with Gasteiger partial charge in [-0.2, -0.15) is 0 Å². The molecular formula is C16H32IN7O2. The number of rotatable bonds is 5. The molecule has 0 aliphatic carbocycles. The Morgan fingerprint density at radius 3 is 2.27 bits per heavy atom. The van der Waals surface area contributed by atoms with Gasteiger partial charge in [-0.3, -0.25) is 4.99 Å². The Hall–Kier alpha value is -1.59. The highest BCUT2D eigenvalue weighted by atomic mass is 127.